The first-order chi connectivity index (χ1) is 11.6. The molecule has 1 heterocycles. The van der Waals surface area contributed by atoms with Gasteiger partial charge in [-0.15, -0.1) is 0 Å². The molecule has 0 unspecified atom stereocenters. The van der Waals surface area contributed by atoms with Gasteiger partial charge >= 0.3 is 5.97 Å². The minimum absolute atomic E-state index is 0.212. The van der Waals surface area contributed by atoms with E-state index in [1.165, 1.54) is 24.4 Å². The number of carboxylic acid groups (broad SMARTS) is 1. The van der Waals surface area contributed by atoms with Gasteiger partial charge in [0.1, 0.15) is 17.9 Å². The Morgan fingerprint density at radius 3 is 2.48 bits per heavy atom. The Hall–Kier alpha value is -2.96. The molecule has 2 aromatic rings. The van der Waals surface area contributed by atoms with Crippen LogP contribution in [0.3, 0.4) is 0 Å². The van der Waals surface area contributed by atoms with Gasteiger partial charge in [0.25, 0.3) is 11.5 Å². The number of benzene rings is 1. The largest absolute Gasteiger partial charge is 0.480 e. The lowest BCUT2D eigenvalue weighted by Gasteiger charge is -2.20. The number of aromatic nitrogens is 1. The Morgan fingerprint density at radius 2 is 1.92 bits per heavy atom. The average molecular weight is 346 g/mol. The van der Waals surface area contributed by atoms with Crippen molar-refractivity contribution < 1.29 is 19.1 Å². The van der Waals surface area contributed by atoms with Crippen molar-refractivity contribution in [3.8, 4) is 0 Å². The summed E-state index contributed by atoms with van der Waals surface area (Å²) >= 11 is 0. The minimum Gasteiger partial charge on any atom is -0.480 e. The van der Waals surface area contributed by atoms with E-state index in [4.69, 9.17) is 5.11 Å². The molecule has 6 nitrogen and oxygen atoms in total. The summed E-state index contributed by atoms with van der Waals surface area (Å²) in [6.45, 7) is 5.07. The predicted molar refractivity (Wildman–Crippen MR) is 91.4 cm³/mol. The third-order valence-electron chi connectivity index (χ3n) is 3.61. The Balaban J connectivity index is 2.28. The number of halogens is 1. The third-order valence-corrected chi connectivity index (χ3v) is 3.61. The van der Waals surface area contributed by atoms with E-state index in [-0.39, 0.29) is 16.7 Å². The molecule has 132 valence electrons. The molecule has 0 atom stereocenters. The maximum atomic E-state index is 14.2. The summed E-state index contributed by atoms with van der Waals surface area (Å²) < 4.78 is 15.1. The fraction of sp³-hybridized carbons (Fsp3) is 0.278. The second-order valence-corrected chi connectivity index (χ2v) is 6.65. The quantitative estimate of drug-likeness (QED) is 0.891. The molecule has 1 amide bonds. The van der Waals surface area contributed by atoms with Crippen LogP contribution >= 0.6 is 0 Å². The lowest BCUT2D eigenvalue weighted by Crippen LogP contribution is -2.30. The standard InChI is InChI=1S/C18H19FN2O4/c1-18(2,3)13-7-6-11(9-14(13)19)20-16(24)12-5-4-8-21(17(12)25)10-15(22)23/h4-9H,10H2,1-3H3,(H,20,24)(H,22,23). The van der Waals surface area contributed by atoms with Crippen LogP contribution in [0.2, 0.25) is 0 Å². The van der Waals surface area contributed by atoms with Gasteiger partial charge in [-0.1, -0.05) is 26.8 Å². The van der Waals surface area contributed by atoms with Crippen LogP contribution in [0.15, 0.2) is 41.3 Å². The molecule has 25 heavy (non-hydrogen) atoms. The van der Waals surface area contributed by atoms with E-state index in [0.29, 0.717) is 5.56 Å². The van der Waals surface area contributed by atoms with Crippen LogP contribution in [0.5, 0.6) is 0 Å². The molecular weight excluding hydrogens is 327 g/mol. The number of rotatable bonds is 4. The number of aliphatic carboxylic acids is 1. The summed E-state index contributed by atoms with van der Waals surface area (Å²) in [6.07, 6.45) is 1.28. The maximum absolute atomic E-state index is 14.2. The highest BCUT2D eigenvalue weighted by Gasteiger charge is 2.19. The monoisotopic (exact) mass is 346 g/mol. The number of anilines is 1. The van der Waals surface area contributed by atoms with Gasteiger partial charge in [-0.05, 0) is 35.2 Å². The van der Waals surface area contributed by atoms with Gasteiger partial charge < -0.3 is 15.0 Å². The highest BCUT2D eigenvalue weighted by atomic mass is 19.1. The molecule has 0 saturated carbocycles. The summed E-state index contributed by atoms with van der Waals surface area (Å²) in [6, 6.07) is 7.02. The van der Waals surface area contributed by atoms with Crippen LogP contribution in [0.1, 0.15) is 36.7 Å². The molecule has 2 N–H and O–H groups in total. The van der Waals surface area contributed by atoms with Crippen LogP contribution in [0.25, 0.3) is 0 Å². The molecule has 0 bridgehead atoms. The van der Waals surface area contributed by atoms with Crippen molar-refractivity contribution in [1.82, 2.24) is 4.57 Å². The highest BCUT2D eigenvalue weighted by molar-refractivity contribution is 6.04. The number of carbonyl (C=O) groups is 2. The van der Waals surface area contributed by atoms with Crippen molar-refractivity contribution >= 4 is 17.6 Å². The Morgan fingerprint density at radius 1 is 1.24 bits per heavy atom. The van der Waals surface area contributed by atoms with Crippen molar-refractivity contribution in [3.05, 3.63) is 63.8 Å². The lowest BCUT2D eigenvalue weighted by atomic mass is 9.86. The SMILES string of the molecule is CC(C)(C)c1ccc(NC(=O)c2cccn(CC(=O)O)c2=O)cc1F. The molecule has 0 radical (unpaired) electrons. The lowest BCUT2D eigenvalue weighted by molar-refractivity contribution is -0.137. The van der Waals surface area contributed by atoms with Crippen LogP contribution in [0.4, 0.5) is 10.1 Å². The normalized spacial score (nSPS) is 11.2. The number of carbonyl (C=O) groups excluding carboxylic acids is 1. The summed E-state index contributed by atoms with van der Waals surface area (Å²) in [5.74, 6) is -2.38. The highest BCUT2D eigenvalue weighted by Crippen LogP contribution is 2.27. The van der Waals surface area contributed by atoms with Gasteiger partial charge in [0.05, 0.1) is 0 Å². The smallest absolute Gasteiger partial charge is 0.323 e. The van der Waals surface area contributed by atoms with E-state index in [9.17, 15) is 18.8 Å². The van der Waals surface area contributed by atoms with Gasteiger partial charge in [-0.25, -0.2) is 4.39 Å². The van der Waals surface area contributed by atoms with E-state index < -0.39 is 29.8 Å². The van der Waals surface area contributed by atoms with E-state index in [2.05, 4.69) is 5.32 Å². The molecule has 0 aliphatic heterocycles. The van der Waals surface area contributed by atoms with Crippen molar-refractivity contribution in [1.29, 1.82) is 0 Å². The first-order valence-electron chi connectivity index (χ1n) is 7.62. The van der Waals surface area contributed by atoms with E-state index in [0.717, 1.165) is 4.57 Å². The number of amides is 1. The van der Waals surface area contributed by atoms with Crippen molar-refractivity contribution in [2.45, 2.75) is 32.7 Å². The molecule has 1 aromatic heterocycles. The zero-order valence-electron chi connectivity index (χ0n) is 14.2. The van der Waals surface area contributed by atoms with Crippen LogP contribution < -0.4 is 10.9 Å². The second-order valence-electron chi connectivity index (χ2n) is 6.65. The predicted octanol–water partition coefficient (Wildman–Crippen LogP) is 2.62. The van der Waals surface area contributed by atoms with Gasteiger partial charge in [-0.3, -0.25) is 14.4 Å². The van der Waals surface area contributed by atoms with Crippen LogP contribution in [-0.2, 0) is 16.8 Å². The molecule has 2 rings (SSSR count). The number of nitrogens with zero attached hydrogens (tertiary/aromatic N) is 1. The summed E-state index contributed by atoms with van der Waals surface area (Å²) in [5, 5.41) is 11.2. The minimum atomic E-state index is -1.19. The van der Waals surface area contributed by atoms with E-state index in [1.54, 1.807) is 12.1 Å². The number of pyridine rings is 1. The van der Waals surface area contributed by atoms with Crippen LogP contribution in [-0.4, -0.2) is 21.6 Å². The van der Waals surface area contributed by atoms with Crippen molar-refractivity contribution in [2.24, 2.45) is 0 Å². The zero-order chi connectivity index (χ0) is 18.8. The summed E-state index contributed by atoms with van der Waals surface area (Å²) in [5.41, 5.74) is -0.604. The van der Waals surface area contributed by atoms with Gasteiger partial charge in [0, 0.05) is 11.9 Å². The third kappa shape index (κ3) is 4.32. The first-order valence-corrected chi connectivity index (χ1v) is 7.62. The number of hydrogen-bond acceptors (Lipinski definition) is 3. The fourth-order valence-electron chi connectivity index (χ4n) is 2.38. The van der Waals surface area contributed by atoms with E-state index in [1.807, 2.05) is 20.8 Å². The molecule has 0 fully saturated rings. The Labute approximate surface area is 143 Å². The average Bonchev–Trinajstić information content (AvgIpc) is 2.47. The fourth-order valence-corrected chi connectivity index (χ4v) is 2.38. The van der Waals surface area contributed by atoms with Crippen LogP contribution in [0, 0.1) is 5.82 Å². The Kier molecular flexibility index (Phi) is 5.06. The van der Waals surface area contributed by atoms with Crippen molar-refractivity contribution in [3.63, 3.8) is 0 Å². The zero-order valence-corrected chi connectivity index (χ0v) is 14.2. The first kappa shape index (κ1) is 18.4. The molecule has 0 spiro atoms. The molecule has 0 aliphatic rings. The molecule has 0 aliphatic carbocycles. The maximum Gasteiger partial charge on any atom is 0.323 e. The number of nitrogens with one attached hydrogen (secondary N) is 1. The molecule has 0 saturated heterocycles. The van der Waals surface area contributed by atoms with Gasteiger partial charge in [0.2, 0.25) is 0 Å². The summed E-state index contributed by atoms with van der Waals surface area (Å²) in [7, 11) is 0. The number of carboxylic acids is 1. The number of hydrogen-bond donors (Lipinski definition) is 2. The molecule has 1 aromatic carbocycles. The summed E-state index contributed by atoms with van der Waals surface area (Å²) in [4.78, 5) is 35.2. The molecule has 7 heteroatoms. The Bertz CT molecular complexity index is 881. The second kappa shape index (κ2) is 6.88. The molecular formula is C18H19FN2O4. The topological polar surface area (TPSA) is 88.4 Å². The van der Waals surface area contributed by atoms with Crippen molar-refractivity contribution in [2.75, 3.05) is 5.32 Å². The van der Waals surface area contributed by atoms with E-state index >= 15 is 0 Å². The van der Waals surface area contributed by atoms with Gasteiger partial charge in [-0.2, -0.15) is 0 Å². The van der Waals surface area contributed by atoms with Gasteiger partial charge in [0.15, 0.2) is 0 Å².